The van der Waals surface area contributed by atoms with E-state index in [1.165, 1.54) is 5.57 Å². The van der Waals surface area contributed by atoms with Crippen molar-refractivity contribution in [3.05, 3.63) is 11.6 Å². The van der Waals surface area contributed by atoms with Crippen molar-refractivity contribution in [3.8, 4) is 0 Å². The fraction of sp³-hybridized carbons (Fsp3) is 0.778. The molecule has 0 saturated heterocycles. The van der Waals surface area contributed by atoms with Gasteiger partial charge in [0.15, 0.2) is 0 Å². The van der Waals surface area contributed by atoms with Crippen LogP contribution in [-0.2, 0) is 0 Å². The maximum Gasteiger partial charge on any atom is 0.0839 e. The molecule has 0 saturated carbocycles. The highest BCUT2D eigenvalue weighted by Gasteiger charge is 2.21. The van der Waals surface area contributed by atoms with Crippen LogP contribution in [0.5, 0.6) is 0 Å². The van der Waals surface area contributed by atoms with Crippen LogP contribution in [0.3, 0.4) is 0 Å². The van der Waals surface area contributed by atoms with Gasteiger partial charge >= 0.3 is 0 Å². The highest BCUT2D eigenvalue weighted by molar-refractivity contribution is 5.10. The van der Waals surface area contributed by atoms with E-state index in [-0.39, 0.29) is 6.04 Å². The van der Waals surface area contributed by atoms with Crippen LogP contribution in [0, 0.1) is 0 Å². The molecule has 0 aromatic rings. The summed E-state index contributed by atoms with van der Waals surface area (Å²) in [6.45, 7) is 1.94. The highest BCUT2D eigenvalue weighted by Crippen LogP contribution is 2.21. The molecule has 0 bridgehead atoms. The second-order valence-corrected chi connectivity index (χ2v) is 3.62. The van der Waals surface area contributed by atoms with E-state index in [0.29, 0.717) is 12.8 Å². The molecule has 70 valence electrons. The molecule has 3 nitrogen and oxygen atoms in total. The Morgan fingerprint density at radius 2 is 2.25 bits per heavy atom. The van der Waals surface area contributed by atoms with Gasteiger partial charge in [0.2, 0.25) is 0 Å². The molecule has 4 N–H and O–H groups in total. The van der Waals surface area contributed by atoms with E-state index in [9.17, 15) is 10.2 Å². The third-order valence-electron chi connectivity index (χ3n) is 2.15. The molecule has 0 fully saturated rings. The fourth-order valence-corrected chi connectivity index (χ4v) is 1.51. The summed E-state index contributed by atoms with van der Waals surface area (Å²) in [5, 5.41) is 18.5. The van der Waals surface area contributed by atoms with Crippen LogP contribution in [0.4, 0.5) is 0 Å². The van der Waals surface area contributed by atoms with Crippen molar-refractivity contribution >= 4 is 0 Å². The average molecular weight is 171 g/mol. The van der Waals surface area contributed by atoms with Gasteiger partial charge in [0.05, 0.1) is 12.2 Å². The van der Waals surface area contributed by atoms with Crippen molar-refractivity contribution in [3.63, 3.8) is 0 Å². The summed E-state index contributed by atoms with van der Waals surface area (Å²) in [5.74, 6) is 0. The Labute approximate surface area is 72.9 Å². The van der Waals surface area contributed by atoms with Crippen LogP contribution in [0.1, 0.15) is 26.2 Å². The quantitative estimate of drug-likeness (QED) is 0.519. The number of rotatable bonds is 2. The minimum absolute atomic E-state index is 0.138. The van der Waals surface area contributed by atoms with Gasteiger partial charge in [-0.2, -0.15) is 0 Å². The molecule has 1 unspecified atom stereocenters. The minimum atomic E-state index is -0.594. The largest absolute Gasteiger partial charge is 0.390 e. The minimum Gasteiger partial charge on any atom is -0.390 e. The van der Waals surface area contributed by atoms with Gasteiger partial charge in [-0.05, 0) is 26.2 Å². The maximum atomic E-state index is 9.33. The molecule has 0 amide bonds. The highest BCUT2D eigenvalue weighted by atomic mass is 16.3. The lowest BCUT2D eigenvalue weighted by Gasteiger charge is -2.24. The van der Waals surface area contributed by atoms with Crippen LogP contribution >= 0.6 is 0 Å². The first-order valence-electron chi connectivity index (χ1n) is 4.39. The second kappa shape index (κ2) is 4.03. The first-order valence-corrected chi connectivity index (χ1v) is 4.39. The molecule has 3 heteroatoms. The second-order valence-electron chi connectivity index (χ2n) is 3.62. The summed E-state index contributed by atoms with van der Waals surface area (Å²) in [5.41, 5.74) is 6.79. The van der Waals surface area contributed by atoms with E-state index in [2.05, 4.69) is 0 Å². The van der Waals surface area contributed by atoms with Crippen LogP contribution < -0.4 is 5.73 Å². The summed E-state index contributed by atoms with van der Waals surface area (Å²) in [6.07, 6.45) is 2.77. The summed E-state index contributed by atoms with van der Waals surface area (Å²) in [4.78, 5) is 0. The Balaban J connectivity index is 2.46. The zero-order valence-electron chi connectivity index (χ0n) is 7.40. The van der Waals surface area contributed by atoms with Crippen molar-refractivity contribution in [1.29, 1.82) is 0 Å². The predicted molar refractivity (Wildman–Crippen MR) is 47.6 cm³/mol. The number of nitrogens with two attached hydrogens (primary N) is 1. The molecule has 0 aliphatic heterocycles. The normalized spacial score (nSPS) is 32.8. The number of aliphatic hydroxyl groups excluding tert-OH is 2. The predicted octanol–water partition coefficient (Wildman–Crippen LogP) is 0.166. The topological polar surface area (TPSA) is 66.5 Å². The van der Waals surface area contributed by atoms with Gasteiger partial charge in [0, 0.05) is 6.04 Å². The Kier molecular flexibility index (Phi) is 3.26. The maximum absolute atomic E-state index is 9.33. The fourth-order valence-electron chi connectivity index (χ4n) is 1.51. The lowest BCUT2D eigenvalue weighted by molar-refractivity contribution is 0.0161. The molecule has 12 heavy (non-hydrogen) atoms. The van der Waals surface area contributed by atoms with Crippen molar-refractivity contribution in [2.24, 2.45) is 5.73 Å². The molecule has 1 rings (SSSR count). The van der Waals surface area contributed by atoms with E-state index in [4.69, 9.17) is 5.73 Å². The zero-order valence-corrected chi connectivity index (χ0v) is 7.40. The molecule has 0 radical (unpaired) electrons. The zero-order chi connectivity index (χ0) is 9.14. The summed E-state index contributed by atoms with van der Waals surface area (Å²) in [7, 11) is 0. The van der Waals surface area contributed by atoms with Gasteiger partial charge in [-0.25, -0.2) is 0 Å². The van der Waals surface area contributed by atoms with Gasteiger partial charge in [-0.1, -0.05) is 11.6 Å². The van der Waals surface area contributed by atoms with E-state index >= 15 is 0 Å². The number of aliphatic hydroxyl groups is 2. The molecule has 0 aromatic heterocycles. The third kappa shape index (κ3) is 2.59. The standard InChI is InChI=1S/C9H17NO2/c1-6(10)4-7-2-3-8(11)9(12)5-7/h2,6,8-9,11-12H,3-5,10H2,1H3/t6?,8-,9+/m1/s1. The Morgan fingerprint density at radius 1 is 1.58 bits per heavy atom. The van der Waals surface area contributed by atoms with Crippen molar-refractivity contribution in [1.82, 2.24) is 0 Å². The molecule has 0 spiro atoms. The van der Waals surface area contributed by atoms with Crippen molar-refractivity contribution in [2.45, 2.75) is 44.4 Å². The Bertz CT molecular complexity index is 177. The Hall–Kier alpha value is -0.380. The van der Waals surface area contributed by atoms with Crippen molar-refractivity contribution in [2.75, 3.05) is 0 Å². The molecule has 0 heterocycles. The molecule has 1 aliphatic rings. The van der Waals surface area contributed by atoms with E-state index in [0.717, 1.165) is 6.42 Å². The summed E-state index contributed by atoms with van der Waals surface area (Å²) < 4.78 is 0. The van der Waals surface area contributed by atoms with Crippen molar-refractivity contribution < 1.29 is 10.2 Å². The first kappa shape index (κ1) is 9.71. The molecular formula is C9H17NO2. The van der Waals surface area contributed by atoms with E-state index in [1.54, 1.807) is 0 Å². The van der Waals surface area contributed by atoms with E-state index < -0.39 is 12.2 Å². The smallest absolute Gasteiger partial charge is 0.0839 e. The third-order valence-corrected chi connectivity index (χ3v) is 2.15. The van der Waals surface area contributed by atoms with Gasteiger partial charge < -0.3 is 15.9 Å². The summed E-state index contributed by atoms with van der Waals surface area (Å²) in [6, 6.07) is 0.138. The molecule has 3 atom stereocenters. The molecule has 0 aromatic carbocycles. The molecule has 1 aliphatic carbocycles. The average Bonchev–Trinajstić information content (AvgIpc) is 1.96. The first-order chi connectivity index (χ1) is 5.59. The Morgan fingerprint density at radius 3 is 2.75 bits per heavy atom. The monoisotopic (exact) mass is 171 g/mol. The van der Waals surface area contributed by atoms with Crippen LogP contribution in [0.2, 0.25) is 0 Å². The summed E-state index contributed by atoms with van der Waals surface area (Å²) >= 11 is 0. The lowest BCUT2D eigenvalue weighted by atomic mass is 9.91. The van der Waals surface area contributed by atoms with Gasteiger partial charge in [-0.3, -0.25) is 0 Å². The lowest BCUT2D eigenvalue weighted by Crippen LogP contribution is -2.30. The van der Waals surface area contributed by atoms with Crippen LogP contribution in [0.25, 0.3) is 0 Å². The van der Waals surface area contributed by atoms with Gasteiger partial charge in [0.1, 0.15) is 0 Å². The van der Waals surface area contributed by atoms with E-state index in [1.807, 2.05) is 13.0 Å². The van der Waals surface area contributed by atoms with Crippen LogP contribution in [0.15, 0.2) is 11.6 Å². The SMILES string of the molecule is CC(N)CC1=CC[C@@H](O)[C@@H](O)C1. The molecular weight excluding hydrogens is 154 g/mol. The number of hydrogen-bond donors (Lipinski definition) is 3. The van der Waals surface area contributed by atoms with Gasteiger partial charge in [0.25, 0.3) is 0 Å². The van der Waals surface area contributed by atoms with Crippen LogP contribution in [-0.4, -0.2) is 28.5 Å². The van der Waals surface area contributed by atoms with Gasteiger partial charge in [-0.15, -0.1) is 0 Å². The number of hydrogen-bond acceptors (Lipinski definition) is 3.